The topological polar surface area (TPSA) is 26.0 Å². The Morgan fingerprint density at radius 1 is 1.45 bits per heavy atom. The first-order valence-electron chi connectivity index (χ1n) is 3.44. The van der Waals surface area contributed by atoms with E-state index >= 15 is 0 Å². The molecule has 0 radical (unpaired) electrons. The molecule has 0 aliphatic carbocycles. The monoisotopic (exact) mass is 186 g/mol. The molecule has 0 fully saturated rings. The van der Waals surface area contributed by atoms with Gasteiger partial charge >= 0.3 is 6.98 Å². The van der Waals surface area contributed by atoms with Crippen molar-refractivity contribution >= 4 is 18.7 Å². The SMILES string of the molecule is CC(CN)CSC[B-](F)(F)F. The van der Waals surface area contributed by atoms with Crippen LogP contribution in [0.2, 0.25) is 0 Å². The molecule has 0 aromatic rings. The molecule has 2 N–H and O–H groups in total. The Kier molecular flexibility index (Phi) is 5.00. The molecule has 0 amide bonds. The van der Waals surface area contributed by atoms with E-state index < -0.39 is 12.6 Å². The predicted octanol–water partition coefficient (Wildman–Crippen LogP) is 1.70. The van der Waals surface area contributed by atoms with Gasteiger partial charge in [0.15, 0.2) is 0 Å². The van der Waals surface area contributed by atoms with Gasteiger partial charge in [0, 0.05) is 0 Å². The second kappa shape index (κ2) is 4.93. The Bertz CT molecular complexity index is 108. The van der Waals surface area contributed by atoms with Gasteiger partial charge in [0.05, 0.1) is 0 Å². The number of nitrogens with two attached hydrogens (primary N) is 1. The summed E-state index contributed by atoms with van der Waals surface area (Å²) in [5, 5.41) is 0. The zero-order chi connectivity index (χ0) is 8.91. The van der Waals surface area contributed by atoms with Gasteiger partial charge in [-0.15, -0.1) is 0 Å². The number of halogens is 3. The summed E-state index contributed by atoms with van der Waals surface area (Å²) in [5.41, 5.74) is 4.53. The summed E-state index contributed by atoms with van der Waals surface area (Å²) in [6.45, 7) is -2.32. The molecule has 0 aromatic heterocycles. The fourth-order valence-electron chi connectivity index (χ4n) is 0.471. The number of rotatable bonds is 5. The van der Waals surface area contributed by atoms with Gasteiger partial charge in [0.25, 0.3) is 0 Å². The van der Waals surface area contributed by atoms with Crippen LogP contribution in [0.15, 0.2) is 0 Å². The summed E-state index contributed by atoms with van der Waals surface area (Å²) in [6, 6.07) is 0. The van der Waals surface area contributed by atoms with Gasteiger partial charge in [0.1, 0.15) is 0 Å². The Labute approximate surface area is 69.0 Å². The summed E-state index contributed by atoms with van der Waals surface area (Å²) in [4.78, 5) is 0. The van der Waals surface area contributed by atoms with Crippen molar-refractivity contribution in [3.63, 3.8) is 0 Å². The normalized spacial score (nSPS) is 15.0. The Morgan fingerprint density at radius 2 is 2.00 bits per heavy atom. The van der Waals surface area contributed by atoms with Crippen LogP contribution < -0.4 is 5.73 Å². The largest absolute Gasteiger partial charge is 0.488 e. The van der Waals surface area contributed by atoms with E-state index in [2.05, 4.69) is 0 Å². The zero-order valence-electron chi connectivity index (χ0n) is 6.40. The first-order valence-corrected chi connectivity index (χ1v) is 4.60. The summed E-state index contributed by atoms with van der Waals surface area (Å²) in [5.74, 6) is 0.677. The van der Waals surface area contributed by atoms with Gasteiger partial charge in [-0.3, -0.25) is 0 Å². The van der Waals surface area contributed by atoms with Gasteiger partial charge in [0.2, 0.25) is 0 Å². The summed E-state index contributed by atoms with van der Waals surface area (Å²) in [7, 11) is 0. The third-order valence-corrected chi connectivity index (χ3v) is 2.53. The average Bonchev–Trinajstić information content (AvgIpc) is 1.85. The molecule has 0 aliphatic heterocycles. The molecule has 1 nitrogen and oxygen atoms in total. The molecule has 0 saturated carbocycles. The zero-order valence-corrected chi connectivity index (χ0v) is 7.21. The van der Waals surface area contributed by atoms with Crippen molar-refractivity contribution in [3.8, 4) is 0 Å². The third kappa shape index (κ3) is 8.07. The maximum Gasteiger partial charge on any atom is 0.488 e. The van der Waals surface area contributed by atoms with Gasteiger partial charge in [-0.1, -0.05) is 6.92 Å². The predicted molar refractivity (Wildman–Crippen MR) is 44.6 cm³/mol. The van der Waals surface area contributed by atoms with Crippen molar-refractivity contribution < 1.29 is 12.9 Å². The molecule has 0 heterocycles. The highest BCUT2D eigenvalue weighted by atomic mass is 32.2. The summed E-state index contributed by atoms with van der Waals surface area (Å²) >= 11 is 0.916. The lowest BCUT2D eigenvalue weighted by Crippen LogP contribution is -2.21. The Morgan fingerprint density at radius 3 is 2.36 bits per heavy atom. The highest BCUT2D eigenvalue weighted by Crippen LogP contribution is 2.17. The average molecular weight is 186 g/mol. The standard InChI is InChI=1S/C5H12BF3NS/c1-5(2-10)3-11-4-6(7,8)9/h5H,2-4,10H2,1H3/q-1. The molecule has 11 heavy (non-hydrogen) atoms. The maximum absolute atomic E-state index is 11.6. The van der Waals surface area contributed by atoms with Gasteiger partial charge in [-0.2, -0.15) is 11.8 Å². The Balaban J connectivity index is 3.28. The van der Waals surface area contributed by atoms with E-state index in [0.29, 0.717) is 12.3 Å². The minimum absolute atomic E-state index is 0.179. The molecule has 0 aliphatic rings. The summed E-state index contributed by atoms with van der Waals surface area (Å²) < 4.78 is 34.9. The fraction of sp³-hybridized carbons (Fsp3) is 1.00. The van der Waals surface area contributed by atoms with Crippen molar-refractivity contribution in [2.75, 3.05) is 17.9 Å². The van der Waals surface area contributed by atoms with Crippen molar-refractivity contribution in [3.05, 3.63) is 0 Å². The second-order valence-corrected chi connectivity index (χ2v) is 3.66. The molecule has 0 rings (SSSR count). The molecule has 0 bridgehead atoms. The molecule has 0 saturated heterocycles. The van der Waals surface area contributed by atoms with E-state index in [1.165, 1.54) is 0 Å². The molecule has 0 aromatic carbocycles. The van der Waals surface area contributed by atoms with Crippen molar-refractivity contribution in [2.24, 2.45) is 11.7 Å². The molecular formula is C5H12BF3NS-. The smallest absolute Gasteiger partial charge is 0.448 e. The second-order valence-electron chi connectivity index (χ2n) is 2.59. The van der Waals surface area contributed by atoms with Crippen LogP contribution in [-0.4, -0.2) is 24.9 Å². The van der Waals surface area contributed by atoms with E-state index in [9.17, 15) is 12.9 Å². The maximum atomic E-state index is 11.6. The van der Waals surface area contributed by atoms with Crippen molar-refractivity contribution in [2.45, 2.75) is 6.92 Å². The molecule has 1 unspecified atom stereocenters. The first kappa shape index (κ1) is 11.2. The summed E-state index contributed by atoms with van der Waals surface area (Å²) in [6.07, 6.45) is 0. The van der Waals surface area contributed by atoms with Gasteiger partial charge < -0.3 is 18.7 Å². The molecule has 68 valence electrons. The van der Waals surface area contributed by atoms with Crippen LogP contribution in [0.5, 0.6) is 0 Å². The van der Waals surface area contributed by atoms with Crippen LogP contribution in [0.25, 0.3) is 0 Å². The Hall–Kier alpha value is 0.165. The first-order chi connectivity index (χ1) is 4.95. The van der Waals surface area contributed by atoms with Crippen LogP contribution in [-0.2, 0) is 0 Å². The molecular weight excluding hydrogens is 174 g/mol. The third-order valence-electron chi connectivity index (χ3n) is 1.11. The quantitative estimate of drug-likeness (QED) is 0.661. The van der Waals surface area contributed by atoms with E-state index in [-0.39, 0.29) is 5.92 Å². The molecule has 1 atom stereocenters. The van der Waals surface area contributed by atoms with Gasteiger partial charge in [-0.05, 0) is 23.9 Å². The van der Waals surface area contributed by atoms with E-state index in [4.69, 9.17) is 5.73 Å². The van der Waals surface area contributed by atoms with Crippen LogP contribution in [0.1, 0.15) is 6.92 Å². The van der Waals surface area contributed by atoms with Crippen molar-refractivity contribution in [1.29, 1.82) is 0 Å². The fourth-order valence-corrected chi connectivity index (χ4v) is 1.41. The van der Waals surface area contributed by atoms with Crippen molar-refractivity contribution in [1.82, 2.24) is 0 Å². The van der Waals surface area contributed by atoms with Crippen LogP contribution in [0.4, 0.5) is 12.9 Å². The molecule has 6 heteroatoms. The van der Waals surface area contributed by atoms with Crippen LogP contribution >= 0.6 is 11.8 Å². The highest BCUT2D eigenvalue weighted by molar-refractivity contribution is 8.00. The number of hydrogen-bond donors (Lipinski definition) is 1. The van der Waals surface area contributed by atoms with E-state index in [0.717, 1.165) is 11.8 Å². The molecule has 0 spiro atoms. The lowest BCUT2D eigenvalue weighted by molar-refractivity contribution is 0.485. The van der Waals surface area contributed by atoms with Crippen LogP contribution in [0.3, 0.4) is 0 Å². The lowest BCUT2D eigenvalue weighted by Gasteiger charge is -2.14. The minimum Gasteiger partial charge on any atom is -0.448 e. The van der Waals surface area contributed by atoms with E-state index in [1.807, 2.05) is 6.92 Å². The number of hydrogen-bond acceptors (Lipinski definition) is 2. The van der Waals surface area contributed by atoms with E-state index in [1.54, 1.807) is 0 Å². The lowest BCUT2D eigenvalue weighted by atomic mass is 9.98. The highest BCUT2D eigenvalue weighted by Gasteiger charge is 2.22. The minimum atomic E-state index is -4.62. The van der Waals surface area contributed by atoms with Crippen LogP contribution in [0, 0.1) is 5.92 Å². The number of thioether (sulfide) groups is 1. The van der Waals surface area contributed by atoms with Gasteiger partial charge in [-0.25, -0.2) is 0 Å².